The summed E-state index contributed by atoms with van der Waals surface area (Å²) in [7, 11) is 20.8. The van der Waals surface area contributed by atoms with Crippen LogP contribution in [0, 0.1) is 0 Å². The fourth-order valence-corrected chi connectivity index (χ4v) is 11.1. The molecule has 4 aromatic carbocycles. The van der Waals surface area contributed by atoms with E-state index in [1.54, 1.807) is 56.9 Å². The van der Waals surface area contributed by atoms with Crippen LogP contribution in [-0.2, 0) is 0 Å². The zero-order valence-corrected chi connectivity index (χ0v) is 34.3. The highest BCUT2D eigenvalue weighted by molar-refractivity contribution is 7.05. The molecule has 0 spiro atoms. The summed E-state index contributed by atoms with van der Waals surface area (Å²) in [4.78, 5) is 31.6. The average molecular weight is 815 g/mol. The Labute approximate surface area is 338 Å². The van der Waals surface area contributed by atoms with Gasteiger partial charge < -0.3 is 45.0 Å². The van der Waals surface area contributed by atoms with Gasteiger partial charge >= 0.3 is 13.7 Å². The van der Waals surface area contributed by atoms with E-state index in [2.05, 4.69) is 0 Å². The number of fused-ring (bicyclic) bond motifs is 14. The molecular weight excluding hydrogens is 783 g/mol. The highest BCUT2D eigenvalue weighted by Crippen LogP contribution is 2.50. The van der Waals surface area contributed by atoms with E-state index in [9.17, 15) is 0 Å². The Balaban J connectivity index is 1.54. The van der Waals surface area contributed by atoms with E-state index in [-0.39, 0.29) is 0 Å². The Morgan fingerprint density at radius 3 is 0.948 bits per heavy atom. The van der Waals surface area contributed by atoms with Crippen LogP contribution < -0.4 is 48.9 Å². The minimum atomic E-state index is -3.26. The maximum Gasteiger partial charge on any atom is 0.722 e. The third kappa shape index (κ3) is 4.69. The van der Waals surface area contributed by atoms with Crippen LogP contribution >= 0.6 is 10.0 Å². The van der Waals surface area contributed by atoms with Gasteiger partial charge in [-0.1, -0.05) is 0 Å². The molecule has 6 heterocycles. The molecule has 0 saturated carbocycles. The lowest BCUT2D eigenvalue weighted by molar-refractivity contribution is 0.402. The number of hydrogen-bond acceptors (Lipinski definition) is 14. The second-order valence-corrected chi connectivity index (χ2v) is 16.0. The molecule has 16 nitrogen and oxygen atoms in total. The van der Waals surface area contributed by atoms with E-state index in [4.69, 9.17) is 77.9 Å². The Hall–Kier alpha value is -6.54. The topological polar surface area (TPSA) is 158 Å². The Morgan fingerprint density at radius 1 is 0.362 bits per heavy atom. The second-order valence-electron chi connectivity index (χ2n) is 13.2. The molecule has 0 atom stereocenters. The molecule has 290 valence electrons. The average Bonchev–Trinajstić information content (AvgIpc) is 3.98. The molecule has 0 saturated heterocycles. The van der Waals surface area contributed by atoms with Crippen LogP contribution in [-0.4, -0.2) is 101 Å². The molecular formula is C40H32AlClN8O8. The van der Waals surface area contributed by atoms with Crippen molar-refractivity contribution in [3.05, 3.63) is 81.8 Å². The zero-order chi connectivity index (χ0) is 40.1. The van der Waals surface area contributed by atoms with Crippen LogP contribution in [0.4, 0.5) is 11.6 Å². The number of benzene rings is 4. The van der Waals surface area contributed by atoms with Gasteiger partial charge in [0.25, 0.3) is 0 Å². The van der Waals surface area contributed by atoms with Crippen molar-refractivity contribution in [1.82, 2.24) is 7.10 Å². The lowest BCUT2D eigenvalue weighted by Crippen LogP contribution is -2.43. The van der Waals surface area contributed by atoms with E-state index in [1.807, 2.05) is 55.6 Å². The van der Waals surface area contributed by atoms with Gasteiger partial charge in [-0.25, -0.2) is 30.0 Å². The third-order valence-electron chi connectivity index (χ3n) is 10.7. The minimum absolute atomic E-state index is 0.302. The Morgan fingerprint density at radius 2 is 0.638 bits per heavy atom. The van der Waals surface area contributed by atoms with Gasteiger partial charge in [-0.05, 0) is 48.5 Å². The predicted octanol–water partition coefficient (Wildman–Crippen LogP) is 5.23. The van der Waals surface area contributed by atoms with Crippen LogP contribution in [0.3, 0.4) is 0 Å². The highest BCUT2D eigenvalue weighted by atomic mass is 35.6. The van der Waals surface area contributed by atoms with E-state index in [0.29, 0.717) is 136 Å². The summed E-state index contributed by atoms with van der Waals surface area (Å²) in [6.45, 7) is 0. The number of amidine groups is 4. The molecule has 10 rings (SSSR count). The number of hydrogen-bond donors (Lipinski definition) is 0. The van der Waals surface area contributed by atoms with E-state index < -0.39 is 13.7 Å². The quantitative estimate of drug-likeness (QED) is 0.189. The van der Waals surface area contributed by atoms with Crippen LogP contribution in [0.15, 0.2) is 78.5 Å². The van der Waals surface area contributed by atoms with Crippen LogP contribution in [0.2, 0.25) is 0 Å². The van der Waals surface area contributed by atoms with E-state index in [0.717, 1.165) is 0 Å². The summed E-state index contributed by atoms with van der Waals surface area (Å²) in [6.07, 6.45) is 0. The molecule has 2 aromatic heterocycles. The van der Waals surface area contributed by atoms with Crippen molar-refractivity contribution < 1.29 is 37.9 Å². The first-order valence-electron chi connectivity index (χ1n) is 17.9. The summed E-state index contributed by atoms with van der Waals surface area (Å²) >= 11 is -3.26. The molecule has 6 aromatic rings. The van der Waals surface area contributed by atoms with Gasteiger partial charge in [-0.3, -0.25) is 0 Å². The summed E-state index contributed by atoms with van der Waals surface area (Å²) in [5.41, 5.74) is 3.07. The molecule has 6 bridgehead atoms. The monoisotopic (exact) mass is 814 g/mol. The molecule has 0 fully saturated rings. The number of aromatic nitrogens is 2. The molecule has 18 heteroatoms. The van der Waals surface area contributed by atoms with Crippen molar-refractivity contribution in [3.8, 4) is 46.0 Å². The van der Waals surface area contributed by atoms with Gasteiger partial charge in [0.05, 0.1) is 101 Å². The first-order chi connectivity index (χ1) is 28.3. The number of rotatable bonds is 8. The van der Waals surface area contributed by atoms with E-state index in [1.165, 1.54) is 0 Å². The SMILES string of the molecule is COc1ccc(OC)c2c1C1=NC2=Nc2c3c(OC)ccc(OC)c3c3[n]2[Al]([Cl])[n]2c(c4c(OC)ccc(OC)c4c2=NC2=NC(=N3)c3c(OC)ccc(OC)c32)=N1. The molecule has 58 heavy (non-hydrogen) atoms. The van der Waals surface area contributed by atoms with Crippen LogP contribution in [0.5, 0.6) is 46.0 Å². The molecule has 4 aliphatic heterocycles. The van der Waals surface area contributed by atoms with E-state index >= 15 is 0 Å². The lowest BCUT2D eigenvalue weighted by atomic mass is 10.1. The smallest absolute Gasteiger partial charge is 0.496 e. The van der Waals surface area contributed by atoms with Gasteiger partial charge in [0.1, 0.15) is 68.6 Å². The predicted molar refractivity (Wildman–Crippen MR) is 219 cm³/mol. The van der Waals surface area contributed by atoms with Crippen molar-refractivity contribution in [2.45, 2.75) is 0 Å². The first-order valence-corrected chi connectivity index (χ1v) is 20.6. The Bertz CT molecular complexity index is 2900. The minimum Gasteiger partial charge on any atom is -0.496 e. The zero-order valence-electron chi connectivity index (χ0n) is 32.4. The summed E-state index contributed by atoms with van der Waals surface area (Å²) < 4.78 is 51.8. The standard InChI is InChI=1S/C40H32N8O8.Al.ClH/c1-49-17-9-10-18(50-2)26-25(17)33-41-34(26)46-36-29-21(53-5)13-14-22(54-6)30(29)38(43-36)48-40-32-24(56-8)16-15-23(55-7)31(32)39(44-40)47-37-28-20(52-4)12-11-19(51-3)27(28)35(42-37)45-33;;/h9-16H,1-8H3;;1H/q-2;+3;/p-1. The van der Waals surface area contributed by atoms with Gasteiger partial charge in [0, 0.05) is 0 Å². The van der Waals surface area contributed by atoms with Crippen molar-refractivity contribution in [2.75, 3.05) is 56.9 Å². The van der Waals surface area contributed by atoms with Crippen molar-refractivity contribution in [2.24, 2.45) is 30.0 Å². The first kappa shape index (κ1) is 35.8. The number of halogens is 1. The van der Waals surface area contributed by atoms with Gasteiger partial charge in [0.2, 0.25) is 0 Å². The molecule has 0 unspecified atom stereocenters. The largest absolute Gasteiger partial charge is 0.722 e. The lowest BCUT2D eigenvalue weighted by Gasteiger charge is -2.15. The fourth-order valence-electron chi connectivity index (χ4n) is 8.18. The fraction of sp³-hybridized carbons (Fsp3) is 0.200. The maximum atomic E-state index is 8.11. The number of methoxy groups -OCH3 is 8. The number of aliphatic imine (C=N–C) groups is 4. The van der Waals surface area contributed by atoms with Crippen LogP contribution in [0.25, 0.3) is 21.5 Å². The normalized spacial score (nSPS) is 14.3. The summed E-state index contributed by atoms with van der Waals surface area (Å²) in [5, 5.41) is 2.29. The Kier molecular flexibility index (Phi) is 8.20. The number of ether oxygens (including phenoxy) is 8. The van der Waals surface area contributed by atoms with Crippen molar-refractivity contribution in [3.63, 3.8) is 0 Å². The maximum absolute atomic E-state index is 8.11. The molecule has 0 N–H and O–H groups in total. The summed E-state index contributed by atoms with van der Waals surface area (Å²) in [6, 6.07) is 14.5. The van der Waals surface area contributed by atoms with Crippen molar-refractivity contribution >= 4 is 80.2 Å². The van der Waals surface area contributed by atoms with Gasteiger partial charge in [-0.15, -0.1) is 0 Å². The number of nitrogens with zero attached hydrogens (tertiary/aromatic N) is 8. The van der Waals surface area contributed by atoms with Gasteiger partial charge in [-0.2, -0.15) is 10.0 Å². The summed E-state index contributed by atoms with van der Waals surface area (Å²) in [5.74, 6) is 5.99. The molecule has 4 aliphatic rings. The van der Waals surface area contributed by atoms with Gasteiger partial charge in [0.15, 0.2) is 23.3 Å². The molecule has 0 amide bonds. The third-order valence-corrected chi connectivity index (χ3v) is 13.7. The second kappa shape index (κ2) is 13.3. The molecule has 0 radical (unpaired) electrons. The highest BCUT2D eigenvalue weighted by Gasteiger charge is 2.42. The van der Waals surface area contributed by atoms with Crippen molar-refractivity contribution in [1.29, 1.82) is 0 Å². The van der Waals surface area contributed by atoms with Crippen LogP contribution in [0.1, 0.15) is 22.3 Å². The molecule has 0 aliphatic carbocycles.